The van der Waals surface area contributed by atoms with Gasteiger partial charge in [-0.3, -0.25) is 9.59 Å². The Kier molecular flexibility index (Phi) is 10.5. The predicted octanol–water partition coefficient (Wildman–Crippen LogP) is 3.87. The molecule has 2 aromatic rings. The van der Waals surface area contributed by atoms with Gasteiger partial charge in [0.25, 0.3) is 0 Å². The van der Waals surface area contributed by atoms with E-state index in [0.717, 1.165) is 22.6 Å². The number of rotatable bonds is 6. The maximum absolute atomic E-state index is 10.9. The van der Waals surface area contributed by atoms with Gasteiger partial charge in [0.2, 0.25) is 11.8 Å². The molecule has 0 spiro atoms. The molecule has 0 heterocycles. The van der Waals surface area contributed by atoms with E-state index in [1.165, 1.54) is 0 Å². The van der Waals surface area contributed by atoms with E-state index >= 15 is 0 Å². The summed E-state index contributed by atoms with van der Waals surface area (Å²) < 4.78 is 0. The van der Waals surface area contributed by atoms with Gasteiger partial charge in [-0.15, -0.1) is 0 Å². The van der Waals surface area contributed by atoms with Crippen LogP contribution in [0.4, 0.5) is 0 Å². The van der Waals surface area contributed by atoms with Crippen LogP contribution in [0.25, 0.3) is 0 Å². The molecule has 0 saturated heterocycles. The second-order valence-electron chi connectivity index (χ2n) is 5.90. The molecule has 0 fully saturated rings. The second kappa shape index (κ2) is 13.0. The number of carbonyl (C=O) groups is 2. The van der Waals surface area contributed by atoms with Gasteiger partial charge in [-0.2, -0.15) is 10.2 Å². The van der Waals surface area contributed by atoms with Gasteiger partial charge in [0, 0.05) is 12.8 Å². The second-order valence-corrected chi connectivity index (χ2v) is 5.90. The van der Waals surface area contributed by atoms with Crippen LogP contribution in [-0.2, 0) is 9.59 Å². The van der Waals surface area contributed by atoms with Crippen LogP contribution < -0.4 is 10.9 Å². The lowest BCUT2D eigenvalue weighted by atomic mass is 10.1. The van der Waals surface area contributed by atoms with Crippen molar-refractivity contribution in [2.24, 2.45) is 10.2 Å². The van der Waals surface area contributed by atoms with Crippen LogP contribution in [-0.4, -0.2) is 23.2 Å². The van der Waals surface area contributed by atoms with Crippen molar-refractivity contribution in [1.82, 2.24) is 10.9 Å². The zero-order valence-corrected chi connectivity index (χ0v) is 16.9. The van der Waals surface area contributed by atoms with Gasteiger partial charge in [0.15, 0.2) is 0 Å². The third-order valence-corrected chi connectivity index (χ3v) is 3.72. The SMILES string of the molecule is CCC(=O)N/N=C(\C)c1ccccc1.CCC(=O)N/N=C(\C)c1ccccc1. The van der Waals surface area contributed by atoms with Crippen molar-refractivity contribution in [2.45, 2.75) is 40.5 Å². The summed E-state index contributed by atoms with van der Waals surface area (Å²) in [5.74, 6) is -0.138. The first kappa shape index (κ1) is 22.8. The summed E-state index contributed by atoms with van der Waals surface area (Å²) >= 11 is 0. The molecule has 28 heavy (non-hydrogen) atoms. The van der Waals surface area contributed by atoms with Gasteiger partial charge in [-0.05, 0) is 25.0 Å². The van der Waals surface area contributed by atoms with Crippen molar-refractivity contribution in [2.75, 3.05) is 0 Å². The summed E-state index contributed by atoms with van der Waals surface area (Å²) in [6, 6.07) is 19.5. The maximum Gasteiger partial charge on any atom is 0.239 e. The Balaban J connectivity index is 0.000000280. The molecule has 2 amide bonds. The van der Waals surface area contributed by atoms with Crippen molar-refractivity contribution >= 4 is 23.2 Å². The van der Waals surface area contributed by atoms with E-state index in [9.17, 15) is 9.59 Å². The van der Waals surface area contributed by atoms with E-state index < -0.39 is 0 Å². The number of nitrogens with one attached hydrogen (secondary N) is 2. The van der Waals surface area contributed by atoms with Crippen LogP contribution in [0, 0.1) is 0 Å². The van der Waals surface area contributed by atoms with Gasteiger partial charge < -0.3 is 0 Å². The van der Waals surface area contributed by atoms with Crippen LogP contribution in [0.15, 0.2) is 70.9 Å². The van der Waals surface area contributed by atoms with Crippen molar-refractivity contribution in [3.63, 3.8) is 0 Å². The van der Waals surface area contributed by atoms with Crippen LogP contribution in [0.1, 0.15) is 51.7 Å². The summed E-state index contributed by atoms with van der Waals surface area (Å²) in [5, 5.41) is 7.96. The lowest BCUT2D eigenvalue weighted by molar-refractivity contribution is -0.121. The Morgan fingerprint density at radius 3 is 1.29 bits per heavy atom. The lowest BCUT2D eigenvalue weighted by Crippen LogP contribution is -2.17. The monoisotopic (exact) mass is 380 g/mol. The van der Waals surface area contributed by atoms with Crippen LogP contribution >= 0.6 is 0 Å². The van der Waals surface area contributed by atoms with Crippen LogP contribution in [0.2, 0.25) is 0 Å². The molecule has 2 rings (SSSR count). The minimum atomic E-state index is -0.0692. The Hall–Kier alpha value is -3.28. The third-order valence-electron chi connectivity index (χ3n) is 3.72. The standard InChI is InChI=1S/2C11H14N2O/c2*1-3-11(14)13-12-9(2)10-7-5-4-6-8-10/h2*4-8H,3H2,1-2H3,(H,13,14)/b2*12-9+. The van der Waals surface area contributed by atoms with E-state index in [1.54, 1.807) is 13.8 Å². The van der Waals surface area contributed by atoms with Crippen molar-refractivity contribution < 1.29 is 9.59 Å². The molecule has 0 unspecified atom stereocenters. The Morgan fingerprint density at radius 2 is 1.00 bits per heavy atom. The van der Waals surface area contributed by atoms with E-state index in [2.05, 4.69) is 21.1 Å². The molecule has 0 atom stereocenters. The van der Waals surface area contributed by atoms with Gasteiger partial charge in [-0.25, -0.2) is 10.9 Å². The molecule has 0 radical (unpaired) electrons. The number of carbonyl (C=O) groups excluding carboxylic acids is 2. The summed E-state index contributed by atoms with van der Waals surface area (Å²) in [6.45, 7) is 7.32. The first-order valence-electron chi connectivity index (χ1n) is 9.25. The molecule has 0 aliphatic rings. The van der Waals surface area contributed by atoms with Gasteiger partial charge >= 0.3 is 0 Å². The number of hydrogen-bond donors (Lipinski definition) is 2. The smallest absolute Gasteiger partial charge is 0.239 e. The van der Waals surface area contributed by atoms with Crippen molar-refractivity contribution in [3.8, 4) is 0 Å². The van der Waals surface area contributed by atoms with E-state index in [-0.39, 0.29) is 11.8 Å². The van der Waals surface area contributed by atoms with E-state index in [0.29, 0.717) is 12.8 Å². The molecule has 148 valence electrons. The molecule has 6 heteroatoms. The first-order valence-corrected chi connectivity index (χ1v) is 9.25. The number of hydrazone groups is 2. The maximum atomic E-state index is 10.9. The largest absolute Gasteiger partial charge is 0.273 e. The average Bonchev–Trinajstić information content (AvgIpc) is 2.76. The highest BCUT2D eigenvalue weighted by Crippen LogP contribution is 2.00. The van der Waals surface area contributed by atoms with E-state index in [4.69, 9.17) is 0 Å². The van der Waals surface area contributed by atoms with Crippen LogP contribution in [0.3, 0.4) is 0 Å². The quantitative estimate of drug-likeness (QED) is 0.589. The summed E-state index contributed by atoms with van der Waals surface area (Å²) in [4.78, 5) is 21.9. The molecule has 0 saturated carbocycles. The summed E-state index contributed by atoms with van der Waals surface area (Å²) in [7, 11) is 0. The minimum absolute atomic E-state index is 0.0692. The topological polar surface area (TPSA) is 82.9 Å². The zero-order chi connectivity index (χ0) is 20.8. The molecule has 2 N–H and O–H groups in total. The highest BCUT2D eigenvalue weighted by atomic mass is 16.2. The summed E-state index contributed by atoms with van der Waals surface area (Å²) in [6.07, 6.45) is 0.900. The Labute approximate surface area is 166 Å². The molecule has 0 aromatic heterocycles. The number of nitrogens with zero attached hydrogens (tertiary/aromatic N) is 2. The normalized spacial score (nSPS) is 11.1. The fourth-order valence-corrected chi connectivity index (χ4v) is 1.94. The van der Waals surface area contributed by atoms with E-state index in [1.807, 2.05) is 74.5 Å². The Bertz CT molecular complexity index is 730. The zero-order valence-electron chi connectivity index (χ0n) is 16.9. The highest BCUT2D eigenvalue weighted by Gasteiger charge is 1.98. The molecule has 6 nitrogen and oxygen atoms in total. The molecule has 2 aromatic carbocycles. The molecular weight excluding hydrogens is 352 g/mol. The van der Waals surface area contributed by atoms with Crippen molar-refractivity contribution in [1.29, 1.82) is 0 Å². The first-order chi connectivity index (χ1) is 13.5. The van der Waals surface area contributed by atoms with Crippen molar-refractivity contribution in [3.05, 3.63) is 71.8 Å². The number of hydrogen-bond acceptors (Lipinski definition) is 4. The number of benzene rings is 2. The van der Waals surface area contributed by atoms with Gasteiger partial charge in [0.1, 0.15) is 0 Å². The molecular formula is C22H28N4O2. The minimum Gasteiger partial charge on any atom is -0.273 e. The van der Waals surface area contributed by atoms with Gasteiger partial charge in [-0.1, -0.05) is 74.5 Å². The lowest BCUT2D eigenvalue weighted by Gasteiger charge is -2.00. The molecule has 0 aliphatic heterocycles. The fraction of sp³-hybridized carbons (Fsp3) is 0.273. The number of amides is 2. The Morgan fingerprint density at radius 1 is 0.679 bits per heavy atom. The molecule has 0 aliphatic carbocycles. The summed E-state index contributed by atoms with van der Waals surface area (Å²) in [5.41, 5.74) is 8.62. The third kappa shape index (κ3) is 8.89. The fourth-order valence-electron chi connectivity index (χ4n) is 1.94. The van der Waals surface area contributed by atoms with Gasteiger partial charge in [0.05, 0.1) is 11.4 Å². The molecule has 0 bridgehead atoms. The van der Waals surface area contributed by atoms with Crippen LogP contribution in [0.5, 0.6) is 0 Å². The predicted molar refractivity (Wildman–Crippen MR) is 114 cm³/mol. The highest BCUT2D eigenvalue weighted by molar-refractivity contribution is 5.99. The average molecular weight is 380 g/mol.